The first-order valence-corrected chi connectivity index (χ1v) is 8.25. The van der Waals surface area contributed by atoms with E-state index in [0.29, 0.717) is 23.6 Å². The SMILES string of the molecule is O=C(NCCOc1ccc(-c2ccco2)nn1)Nc1ccc(F)c(C(F)(F)F)c1. The molecule has 0 aliphatic heterocycles. The molecule has 2 heterocycles. The van der Waals surface area contributed by atoms with E-state index in [1.165, 1.54) is 6.26 Å². The van der Waals surface area contributed by atoms with Crippen molar-refractivity contribution < 1.29 is 31.5 Å². The quantitative estimate of drug-likeness (QED) is 0.472. The van der Waals surface area contributed by atoms with Crippen LogP contribution < -0.4 is 15.4 Å². The number of rotatable bonds is 6. The van der Waals surface area contributed by atoms with E-state index in [2.05, 4.69) is 20.8 Å². The Labute approximate surface area is 161 Å². The number of hydrogen-bond acceptors (Lipinski definition) is 5. The fourth-order valence-electron chi connectivity index (χ4n) is 2.27. The number of carbonyl (C=O) groups is 1. The second kappa shape index (κ2) is 8.59. The van der Waals surface area contributed by atoms with E-state index < -0.39 is 23.6 Å². The molecule has 0 radical (unpaired) electrons. The smallest absolute Gasteiger partial charge is 0.419 e. The summed E-state index contributed by atoms with van der Waals surface area (Å²) in [6, 6.07) is 8.06. The van der Waals surface area contributed by atoms with E-state index in [4.69, 9.17) is 9.15 Å². The van der Waals surface area contributed by atoms with Crippen LogP contribution in [0.5, 0.6) is 5.88 Å². The van der Waals surface area contributed by atoms with Gasteiger partial charge < -0.3 is 19.8 Å². The molecule has 0 aliphatic carbocycles. The van der Waals surface area contributed by atoms with Gasteiger partial charge in [0.2, 0.25) is 5.88 Å². The van der Waals surface area contributed by atoms with Crippen molar-refractivity contribution in [2.75, 3.05) is 18.5 Å². The molecule has 29 heavy (non-hydrogen) atoms. The maximum atomic E-state index is 13.2. The van der Waals surface area contributed by atoms with E-state index in [-0.39, 0.29) is 24.7 Å². The van der Waals surface area contributed by atoms with Gasteiger partial charge in [0.25, 0.3) is 0 Å². The maximum absolute atomic E-state index is 13.2. The van der Waals surface area contributed by atoms with Crippen LogP contribution in [0.2, 0.25) is 0 Å². The van der Waals surface area contributed by atoms with Gasteiger partial charge in [0.05, 0.1) is 18.4 Å². The number of nitrogens with zero attached hydrogens (tertiary/aromatic N) is 2. The van der Waals surface area contributed by atoms with Gasteiger partial charge in [0, 0.05) is 11.8 Å². The van der Waals surface area contributed by atoms with Gasteiger partial charge in [-0.15, -0.1) is 10.2 Å². The van der Waals surface area contributed by atoms with Crippen LogP contribution >= 0.6 is 0 Å². The Balaban J connectivity index is 1.44. The van der Waals surface area contributed by atoms with Gasteiger partial charge in [0.1, 0.15) is 18.1 Å². The van der Waals surface area contributed by atoms with Crippen LogP contribution in [-0.4, -0.2) is 29.4 Å². The minimum atomic E-state index is -4.86. The molecular formula is C18H14F4N4O3. The molecule has 0 atom stereocenters. The standard InChI is InChI=1S/C18H14F4N4O3/c19-13-4-3-11(10-12(13)18(20,21)22)24-17(27)23-7-9-29-16-6-5-14(25-26-16)15-2-1-8-28-15/h1-6,8,10H,7,9H2,(H2,23,24,27). The Hall–Kier alpha value is -3.63. The van der Waals surface area contributed by atoms with Gasteiger partial charge in [-0.1, -0.05) is 0 Å². The molecule has 7 nitrogen and oxygen atoms in total. The summed E-state index contributed by atoms with van der Waals surface area (Å²) in [7, 11) is 0. The maximum Gasteiger partial charge on any atom is 0.419 e. The number of furan rings is 1. The van der Waals surface area contributed by atoms with Gasteiger partial charge in [-0.2, -0.15) is 13.2 Å². The molecule has 152 valence electrons. The molecule has 0 spiro atoms. The van der Waals surface area contributed by atoms with Gasteiger partial charge >= 0.3 is 12.2 Å². The third kappa shape index (κ3) is 5.43. The average Bonchev–Trinajstić information content (AvgIpc) is 3.21. The summed E-state index contributed by atoms with van der Waals surface area (Å²) in [5.41, 5.74) is -1.14. The fraction of sp³-hybridized carbons (Fsp3) is 0.167. The lowest BCUT2D eigenvalue weighted by Crippen LogP contribution is -2.32. The van der Waals surface area contributed by atoms with Crippen LogP contribution in [-0.2, 0) is 6.18 Å². The molecule has 3 aromatic rings. The summed E-state index contributed by atoms with van der Waals surface area (Å²) in [4.78, 5) is 11.8. The van der Waals surface area contributed by atoms with Crippen LogP contribution in [0, 0.1) is 5.82 Å². The Kier molecular flexibility index (Phi) is 5.96. The van der Waals surface area contributed by atoms with Crippen molar-refractivity contribution in [3.8, 4) is 17.3 Å². The highest BCUT2D eigenvalue weighted by atomic mass is 19.4. The van der Waals surface area contributed by atoms with Crippen LogP contribution in [0.4, 0.5) is 28.0 Å². The van der Waals surface area contributed by atoms with E-state index in [9.17, 15) is 22.4 Å². The topological polar surface area (TPSA) is 89.3 Å². The Bertz CT molecular complexity index is 960. The van der Waals surface area contributed by atoms with Crippen LogP contribution in [0.15, 0.2) is 53.1 Å². The van der Waals surface area contributed by atoms with Crippen molar-refractivity contribution in [1.29, 1.82) is 0 Å². The molecule has 2 amide bonds. The number of ether oxygens (including phenoxy) is 1. The second-order valence-corrected chi connectivity index (χ2v) is 5.66. The summed E-state index contributed by atoms with van der Waals surface area (Å²) >= 11 is 0. The predicted octanol–water partition coefficient (Wildman–Crippen LogP) is 4.10. The molecular weight excluding hydrogens is 396 g/mol. The highest BCUT2D eigenvalue weighted by molar-refractivity contribution is 5.89. The number of alkyl halides is 3. The zero-order valence-corrected chi connectivity index (χ0v) is 14.7. The second-order valence-electron chi connectivity index (χ2n) is 5.66. The molecule has 3 rings (SSSR count). The molecule has 2 N–H and O–H groups in total. The van der Waals surface area contributed by atoms with Crippen molar-refractivity contribution in [1.82, 2.24) is 15.5 Å². The molecule has 0 aliphatic rings. The summed E-state index contributed by atoms with van der Waals surface area (Å²) < 4.78 is 61.8. The van der Waals surface area contributed by atoms with E-state index in [1.807, 2.05) is 0 Å². The Morgan fingerprint density at radius 2 is 1.97 bits per heavy atom. The number of aromatic nitrogens is 2. The minimum absolute atomic E-state index is 0.0411. The monoisotopic (exact) mass is 410 g/mol. The van der Waals surface area contributed by atoms with Crippen molar-refractivity contribution in [2.24, 2.45) is 0 Å². The molecule has 1 aromatic carbocycles. The van der Waals surface area contributed by atoms with E-state index in [1.54, 1.807) is 24.3 Å². The number of benzene rings is 1. The third-order valence-electron chi connectivity index (χ3n) is 3.58. The van der Waals surface area contributed by atoms with Crippen LogP contribution in [0.1, 0.15) is 5.56 Å². The van der Waals surface area contributed by atoms with Gasteiger partial charge in [-0.25, -0.2) is 9.18 Å². The zero-order chi connectivity index (χ0) is 20.9. The summed E-state index contributed by atoms with van der Waals surface area (Å²) in [5.74, 6) is -0.649. The van der Waals surface area contributed by atoms with Crippen molar-refractivity contribution in [2.45, 2.75) is 6.18 Å². The number of urea groups is 1. The lowest BCUT2D eigenvalue weighted by atomic mass is 10.2. The third-order valence-corrected chi connectivity index (χ3v) is 3.58. The first-order chi connectivity index (χ1) is 13.8. The fourth-order valence-corrected chi connectivity index (χ4v) is 2.27. The first-order valence-electron chi connectivity index (χ1n) is 8.25. The summed E-state index contributed by atoms with van der Waals surface area (Å²) in [6.45, 7) is 0.0835. The average molecular weight is 410 g/mol. The van der Waals surface area contributed by atoms with Crippen molar-refractivity contribution in [3.63, 3.8) is 0 Å². The van der Waals surface area contributed by atoms with Gasteiger partial charge in [-0.3, -0.25) is 0 Å². The van der Waals surface area contributed by atoms with E-state index >= 15 is 0 Å². The number of hydrogen-bond donors (Lipinski definition) is 2. The first kappa shape index (κ1) is 20.1. The molecule has 0 unspecified atom stereocenters. The van der Waals surface area contributed by atoms with Gasteiger partial charge in [0.15, 0.2) is 5.76 Å². The number of halogens is 4. The zero-order valence-electron chi connectivity index (χ0n) is 14.7. The lowest BCUT2D eigenvalue weighted by Gasteiger charge is -2.12. The highest BCUT2D eigenvalue weighted by Gasteiger charge is 2.34. The Morgan fingerprint density at radius 1 is 1.14 bits per heavy atom. The van der Waals surface area contributed by atoms with Crippen LogP contribution in [0.25, 0.3) is 11.5 Å². The summed E-state index contributed by atoms with van der Waals surface area (Å²) in [6.07, 6.45) is -3.35. The van der Waals surface area contributed by atoms with Crippen LogP contribution in [0.3, 0.4) is 0 Å². The number of nitrogens with one attached hydrogen (secondary N) is 2. The van der Waals surface area contributed by atoms with Crippen molar-refractivity contribution >= 4 is 11.7 Å². The normalized spacial score (nSPS) is 11.2. The van der Waals surface area contributed by atoms with Crippen molar-refractivity contribution in [3.05, 3.63) is 60.1 Å². The number of amides is 2. The molecule has 11 heteroatoms. The largest absolute Gasteiger partial charge is 0.475 e. The molecule has 0 saturated heterocycles. The lowest BCUT2D eigenvalue weighted by molar-refractivity contribution is -0.139. The Morgan fingerprint density at radius 3 is 2.62 bits per heavy atom. The highest BCUT2D eigenvalue weighted by Crippen LogP contribution is 2.32. The molecule has 2 aromatic heterocycles. The number of carbonyl (C=O) groups excluding carboxylic acids is 1. The molecule has 0 fully saturated rings. The minimum Gasteiger partial charge on any atom is -0.475 e. The van der Waals surface area contributed by atoms with E-state index in [0.717, 1.165) is 6.07 Å². The summed E-state index contributed by atoms with van der Waals surface area (Å²) in [5, 5.41) is 12.4. The van der Waals surface area contributed by atoms with Gasteiger partial charge in [-0.05, 0) is 36.4 Å². The molecule has 0 bridgehead atoms. The molecule has 0 saturated carbocycles. The predicted molar refractivity (Wildman–Crippen MR) is 93.7 cm³/mol. The number of anilines is 1.